The molecule has 0 atom stereocenters. The van der Waals surface area contributed by atoms with Gasteiger partial charge in [-0.25, -0.2) is 9.97 Å². The summed E-state index contributed by atoms with van der Waals surface area (Å²) in [6.07, 6.45) is 1.71. The maximum absolute atomic E-state index is 11.8. The minimum Gasteiger partial charge on any atom is -0.355 e. The number of nitrogens with zero attached hydrogens (tertiary/aromatic N) is 3. The summed E-state index contributed by atoms with van der Waals surface area (Å²) < 4.78 is 0. The highest BCUT2D eigenvalue weighted by molar-refractivity contribution is 7.99. The van der Waals surface area contributed by atoms with Crippen molar-refractivity contribution < 1.29 is 4.79 Å². The highest BCUT2D eigenvalue weighted by Gasteiger charge is 2.07. The second kappa shape index (κ2) is 6.40. The Kier molecular flexibility index (Phi) is 4.15. The molecular weight excluding hydrogens is 288 g/mol. The molecule has 0 saturated heterocycles. The van der Waals surface area contributed by atoms with Gasteiger partial charge < -0.3 is 10.3 Å². The van der Waals surface area contributed by atoms with Gasteiger partial charge in [-0.1, -0.05) is 23.9 Å². The van der Waals surface area contributed by atoms with E-state index in [1.807, 2.05) is 24.3 Å². The number of carbonyl (C=O) groups is 1. The quantitative estimate of drug-likeness (QED) is 0.468. The molecule has 8 heteroatoms. The van der Waals surface area contributed by atoms with E-state index in [9.17, 15) is 4.79 Å². The van der Waals surface area contributed by atoms with Gasteiger partial charge in [-0.05, 0) is 12.1 Å². The molecule has 21 heavy (non-hydrogen) atoms. The molecule has 3 aromatic rings. The Labute approximate surface area is 125 Å². The number of para-hydroxylation sites is 2. The maximum Gasteiger partial charge on any atom is 0.227 e. The Bertz CT molecular complexity index is 690. The number of carbonyl (C=O) groups excluding carboxylic acids is 1. The summed E-state index contributed by atoms with van der Waals surface area (Å²) >= 11 is 1.51. The highest BCUT2D eigenvalue weighted by Crippen LogP contribution is 2.11. The van der Waals surface area contributed by atoms with Crippen molar-refractivity contribution in [3.8, 4) is 0 Å². The minimum absolute atomic E-state index is 0.0489. The lowest BCUT2D eigenvalue weighted by molar-refractivity contribution is -0.120. The molecule has 0 unspecified atom stereocenters. The Morgan fingerprint density at radius 1 is 1.33 bits per heavy atom. The van der Waals surface area contributed by atoms with E-state index in [1.165, 1.54) is 18.1 Å². The number of aromatic nitrogens is 5. The van der Waals surface area contributed by atoms with Crippen LogP contribution < -0.4 is 5.32 Å². The van der Waals surface area contributed by atoms with E-state index in [2.05, 4.69) is 30.5 Å². The molecule has 0 saturated carbocycles. The first kappa shape index (κ1) is 13.6. The third-order valence-corrected chi connectivity index (χ3v) is 3.70. The number of imidazole rings is 1. The van der Waals surface area contributed by atoms with Crippen LogP contribution in [0.15, 0.2) is 35.7 Å². The number of nitrogens with one attached hydrogen (secondary N) is 3. The van der Waals surface area contributed by atoms with Crippen molar-refractivity contribution in [3.05, 3.63) is 36.4 Å². The fourth-order valence-electron chi connectivity index (χ4n) is 1.91. The van der Waals surface area contributed by atoms with Crippen molar-refractivity contribution in [2.75, 3.05) is 12.3 Å². The second-order valence-corrected chi connectivity index (χ2v) is 5.45. The molecule has 3 rings (SSSR count). The van der Waals surface area contributed by atoms with Crippen molar-refractivity contribution in [1.82, 2.24) is 30.5 Å². The van der Waals surface area contributed by atoms with Crippen molar-refractivity contribution in [2.24, 2.45) is 0 Å². The van der Waals surface area contributed by atoms with Crippen LogP contribution in [0.1, 0.15) is 5.82 Å². The molecular formula is C13H14N6OS. The molecule has 2 aromatic heterocycles. The van der Waals surface area contributed by atoms with E-state index in [1.54, 1.807) is 0 Å². The smallest absolute Gasteiger partial charge is 0.227 e. The average molecular weight is 302 g/mol. The number of thioether (sulfide) groups is 1. The lowest BCUT2D eigenvalue weighted by Crippen LogP contribution is -2.27. The molecule has 0 aliphatic rings. The van der Waals surface area contributed by atoms with Crippen molar-refractivity contribution in [1.29, 1.82) is 0 Å². The summed E-state index contributed by atoms with van der Waals surface area (Å²) in [6.45, 7) is 0.574. The number of hydrogen-bond donors (Lipinski definition) is 3. The molecule has 1 amide bonds. The number of H-pyrrole nitrogens is 2. The van der Waals surface area contributed by atoms with E-state index in [0.29, 0.717) is 12.4 Å². The lowest BCUT2D eigenvalue weighted by atomic mass is 10.3. The van der Waals surface area contributed by atoms with Crippen LogP contribution in [0.5, 0.6) is 0 Å². The van der Waals surface area contributed by atoms with Crippen LogP contribution in [0.25, 0.3) is 11.0 Å². The van der Waals surface area contributed by atoms with Gasteiger partial charge in [0, 0.05) is 12.3 Å². The average Bonchev–Trinajstić information content (AvgIpc) is 3.12. The Balaban J connectivity index is 1.45. The normalized spacial score (nSPS) is 10.9. The fraction of sp³-hybridized carbons (Fsp3) is 0.231. The minimum atomic E-state index is -0.0489. The predicted octanol–water partition coefficient (Wildman–Crippen LogP) is 1.13. The van der Waals surface area contributed by atoms with E-state index in [0.717, 1.165) is 21.9 Å². The molecule has 0 radical (unpaired) electrons. The van der Waals surface area contributed by atoms with Gasteiger partial charge in [0.25, 0.3) is 0 Å². The summed E-state index contributed by atoms with van der Waals surface area (Å²) in [7, 11) is 0. The van der Waals surface area contributed by atoms with E-state index < -0.39 is 0 Å². The van der Waals surface area contributed by atoms with Crippen LogP contribution in [-0.2, 0) is 11.2 Å². The van der Waals surface area contributed by atoms with Crippen LogP contribution in [0, 0.1) is 0 Å². The number of amides is 1. The zero-order chi connectivity index (χ0) is 14.5. The standard InChI is InChI=1S/C13H14N6OS/c20-12(14-5-6-21-13-15-8-16-19-13)7-11-17-9-3-1-2-4-10(9)18-11/h1-4,8H,5-7H2,(H,14,20)(H,17,18)(H,15,16,19). The predicted molar refractivity (Wildman–Crippen MR) is 79.9 cm³/mol. The molecule has 1 aromatic carbocycles. The van der Waals surface area contributed by atoms with Gasteiger partial charge in [-0.2, -0.15) is 5.10 Å². The molecule has 0 aliphatic heterocycles. The molecule has 0 aliphatic carbocycles. The number of hydrogen-bond acceptors (Lipinski definition) is 5. The van der Waals surface area contributed by atoms with E-state index in [-0.39, 0.29) is 12.3 Å². The Hall–Kier alpha value is -2.35. The van der Waals surface area contributed by atoms with Gasteiger partial charge in [0.05, 0.1) is 17.5 Å². The van der Waals surface area contributed by atoms with Crippen molar-refractivity contribution >= 4 is 28.7 Å². The summed E-state index contributed by atoms with van der Waals surface area (Å²) in [6, 6.07) is 7.72. The molecule has 0 bridgehead atoms. The second-order valence-electron chi connectivity index (χ2n) is 4.37. The van der Waals surface area contributed by atoms with Crippen LogP contribution in [0.2, 0.25) is 0 Å². The Morgan fingerprint density at radius 2 is 2.24 bits per heavy atom. The SMILES string of the molecule is O=C(Cc1nc2ccccc2[nH]1)NCCSc1ncn[nH]1. The van der Waals surface area contributed by atoms with Crippen LogP contribution in [0.4, 0.5) is 0 Å². The van der Waals surface area contributed by atoms with Crippen LogP contribution in [0.3, 0.4) is 0 Å². The van der Waals surface area contributed by atoms with Gasteiger partial charge in [0.15, 0.2) is 5.16 Å². The number of benzene rings is 1. The molecule has 0 spiro atoms. The van der Waals surface area contributed by atoms with Crippen LogP contribution in [-0.4, -0.2) is 43.4 Å². The lowest BCUT2D eigenvalue weighted by Gasteiger charge is -2.02. The van der Waals surface area contributed by atoms with Gasteiger partial charge >= 0.3 is 0 Å². The van der Waals surface area contributed by atoms with Gasteiger partial charge in [-0.15, -0.1) is 0 Å². The molecule has 2 heterocycles. The summed E-state index contributed by atoms with van der Waals surface area (Å²) in [5, 5.41) is 10.1. The third kappa shape index (κ3) is 3.60. The van der Waals surface area contributed by atoms with E-state index in [4.69, 9.17) is 0 Å². The van der Waals surface area contributed by atoms with Crippen LogP contribution >= 0.6 is 11.8 Å². The third-order valence-electron chi connectivity index (χ3n) is 2.82. The Morgan fingerprint density at radius 3 is 3.05 bits per heavy atom. The largest absolute Gasteiger partial charge is 0.355 e. The van der Waals surface area contributed by atoms with Gasteiger partial charge in [-0.3, -0.25) is 9.89 Å². The zero-order valence-electron chi connectivity index (χ0n) is 11.2. The first-order valence-electron chi connectivity index (χ1n) is 6.50. The first-order valence-corrected chi connectivity index (χ1v) is 7.48. The monoisotopic (exact) mass is 302 g/mol. The van der Waals surface area contributed by atoms with E-state index >= 15 is 0 Å². The van der Waals surface area contributed by atoms with Crippen molar-refractivity contribution in [3.63, 3.8) is 0 Å². The van der Waals surface area contributed by atoms with Gasteiger partial charge in [0.1, 0.15) is 12.2 Å². The highest BCUT2D eigenvalue weighted by atomic mass is 32.2. The zero-order valence-corrected chi connectivity index (χ0v) is 12.0. The topological polar surface area (TPSA) is 99.3 Å². The summed E-state index contributed by atoms with van der Waals surface area (Å²) in [5.74, 6) is 1.37. The molecule has 7 nitrogen and oxygen atoms in total. The molecule has 0 fully saturated rings. The number of fused-ring (bicyclic) bond motifs is 1. The maximum atomic E-state index is 11.8. The first-order chi connectivity index (χ1) is 10.3. The molecule has 108 valence electrons. The number of aromatic amines is 2. The van der Waals surface area contributed by atoms with Crippen molar-refractivity contribution in [2.45, 2.75) is 11.6 Å². The summed E-state index contributed by atoms with van der Waals surface area (Å²) in [4.78, 5) is 23.3. The van der Waals surface area contributed by atoms with Gasteiger partial charge in [0.2, 0.25) is 5.91 Å². The summed E-state index contributed by atoms with van der Waals surface area (Å²) in [5.41, 5.74) is 1.82. The fourth-order valence-corrected chi connectivity index (χ4v) is 2.54. The molecule has 3 N–H and O–H groups in total. The number of rotatable bonds is 6.